The van der Waals surface area contributed by atoms with Crippen LogP contribution in [0.1, 0.15) is 36.2 Å². The van der Waals surface area contributed by atoms with Gasteiger partial charge in [-0.15, -0.1) is 0 Å². The van der Waals surface area contributed by atoms with E-state index in [1.807, 2.05) is 13.8 Å². The molecule has 1 aromatic carbocycles. The van der Waals surface area contributed by atoms with Gasteiger partial charge in [-0.1, -0.05) is 29.8 Å². The second-order valence-corrected chi connectivity index (χ2v) is 5.54. The molecular formula is C13H15BrF3NO. The third-order valence-corrected chi connectivity index (χ3v) is 3.03. The molecule has 1 N–H and O–H groups in total. The van der Waals surface area contributed by atoms with E-state index in [1.54, 1.807) is 0 Å². The molecule has 0 bridgehead atoms. The topological polar surface area (TPSA) is 29.1 Å². The third-order valence-electron chi connectivity index (χ3n) is 2.54. The standard InChI is InChI=1S/C13H15BrF3NO/c1-8(2)5-6-18-12(19)10-4-3-9(14)7-11(10)13(15,16)17/h3-4,7-8H,5-6H2,1-2H3,(H,18,19). The van der Waals surface area contributed by atoms with Crippen LogP contribution in [0.3, 0.4) is 0 Å². The van der Waals surface area contributed by atoms with Crippen molar-refractivity contribution >= 4 is 21.8 Å². The fourth-order valence-electron chi connectivity index (χ4n) is 1.52. The van der Waals surface area contributed by atoms with Crippen molar-refractivity contribution in [2.75, 3.05) is 6.54 Å². The zero-order valence-corrected chi connectivity index (χ0v) is 12.2. The van der Waals surface area contributed by atoms with Gasteiger partial charge in [0.15, 0.2) is 0 Å². The van der Waals surface area contributed by atoms with Crippen LogP contribution in [0.5, 0.6) is 0 Å². The number of nitrogens with one attached hydrogen (secondary N) is 1. The van der Waals surface area contributed by atoms with Gasteiger partial charge in [-0.2, -0.15) is 13.2 Å². The molecule has 0 aromatic heterocycles. The number of alkyl halides is 3. The molecule has 106 valence electrons. The Hall–Kier alpha value is -1.04. The van der Waals surface area contributed by atoms with Gasteiger partial charge in [0, 0.05) is 11.0 Å². The first-order valence-corrected chi connectivity index (χ1v) is 6.66. The lowest BCUT2D eigenvalue weighted by atomic mass is 10.1. The Labute approximate surface area is 118 Å². The van der Waals surface area contributed by atoms with Gasteiger partial charge in [-0.25, -0.2) is 0 Å². The molecule has 0 aliphatic heterocycles. The summed E-state index contributed by atoms with van der Waals surface area (Å²) < 4.78 is 38.8. The molecule has 1 rings (SSSR count). The summed E-state index contributed by atoms with van der Waals surface area (Å²) in [6.07, 6.45) is -3.82. The van der Waals surface area contributed by atoms with E-state index in [0.29, 0.717) is 16.9 Å². The van der Waals surface area contributed by atoms with Crippen molar-refractivity contribution < 1.29 is 18.0 Å². The van der Waals surface area contributed by atoms with E-state index in [2.05, 4.69) is 21.2 Å². The number of hydrogen-bond donors (Lipinski definition) is 1. The van der Waals surface area contributed by atoms with Crippen LogP contribution < -0.4 is 5.32 Å². The molecule has 19 heavy (non-hydrogen) atoms. The fourth-order valence-corrected chi connectivity index (χ4v) is 1.88. The predicted molar refractivity (Wildman–Crippen MR) is 70.9 cm³/mol. The molecule has 0 fully saturated rings. The van der Waals surface area contributed by atoms with Crippen molar-refractivity contribution in [3.05, 3.63) is 33.8 Å². The molecule has 0 heterocycles. The molecule has 0 aliphatic carbocycles. The molecule has 2 nitrogen and oxygen atoms in total. The number of carbonyl (C=O) groups excluding carboxylic acids is 1. The van der Waals surface area contributed by atoms with Crippen molar-refractivity contribution in [1.29, 1.82) is 0 Å². The highest BCUT2D eigenvalue weighted by Crippen LogP contribution is 2.33. The molecule has 0 aliphatic rings. The summed E-state index contributed by atoms with van der Waals surface area (Å²) in [6.45, 7) is 4.32. The molecule has 1 aromatic rings. The Bertz CT molecular complexity index is 458. The SMILES string of the molecule is CC(C)CCNC(=O)c1ccc(Br)cc1C(F)(F)F. The normalized spacial score (nSPS) is 11.7. The quantitative estimate of drug-likeness (QED) is 0.874. The first kappa shape index (κ1) is 16.0. The Balaban J connectivity index is 2.91. The molecule has 0 saturated carbocycles. The van der Waals surface area contributed by atoms with Crippen LogP contribution >= 0.6 is 15.9 Å². The lowest BCUT2D eigenvalue weighted by Gasteiger charge is -2.13. The first-order valence-electron chi connectivity index (χ1n) is 5.86. The van der Waals surface area contributed by atoms with Gasteiger partial charge in [-0.3, -0.25) is 4.79 Å². The molecule has 0 atom stereocenters. The summed E-state index contributed by atoms with van der Waals surface area (Å²) in [5.74, 6) is -0.312. The van der Waals surface area contributed by atoms with E-state index in [4.69, 9.17) is 0 Å². The Morgan fingerprint density at radius 2 is 2.00 bits per heavy atom. The van der Waals surface area contributed by atoms with Crippen molar-refractivity contribution in [3.63, 3.8) is 0 Å². The Morgan fingerprint density at radius 1 is 1.37 bits per heavy atom. The van der Waals surface area contributed by atoms with Gasteiger partial charge >= 0.3 is 6.18 Å². The second kappa shape index (κ2) is 6.41. The van der Waals surface area contributed by atoms with Crippen molar-refractivity contribution in [3.8, 4) is 0 Å². The maximum Gasteiger partial charge on any atom is 0.417 e. The predicted octanol–water partition coefficient (Wildman–Crippen LogP) is 4.24. The highest BCUT2D eigenvalue weighted by atomic mass is 79.9. The number of rotatable bonds is 4. The molecule has 0 saturated heterocycles. The van der Waals surface area contributed by atoms with Crippen LogP contribution in [0.4, 0.5) is 13.2 Å². The molecule has 0 unspecified atom stereocenters. The smallest absolute Gasteiger partial charge is 0.352 e. The highest BCUT2D eigenvalue weighted by Gasteiger charge is 2.35. The third kappa shape index (κ3) is 4.86. The zero-order valence-electron chi connectivity index (χ0n) is 10.6. The van der Waals surface area contributed by atoms with Crippen LogP contribution in [0, 0.1) is 5.92 Å². The van der Waals surface area contributed by atoms with Gasteiger partial charge in [-0.05, 0) is 30.5 Å². The van der Waals surface area contributed by atoms with Gasteiger partial charge in [0.25, 0.3) is 5.91 Å². The minimum Gasteiger partial charge on any atom is -0.352 e. The zero-order chi connectivity index (χ0) is 14.6. The van der Waals surface area contributed by atoms with E-state index < -0.39 is 17.6 Å². The van der Waals surface area contributed by atoms with Crippen molar-refractivity contribution in [1.82, 2.24) is 5.32 Å². The summed E-state index contributed by atoms with van der Waals surface area (Å²) in [6, 6.07) is 3.52. The number of halogens is 4. The molecular weight excluding hydrogens is 323 g/mol. The molecule has 6 heteroatoms. The summed E-state index contributed by atoms with van der Waals surface area (Å²) in [5, 5.41) is 2.51. The van der Waals surface area contributed by atoms with Gasteiger partial charge < -0.3 is 5.32 Å². The largest absolute Gasteiger partial charge is 0.417 e. The van der Waals surface area contributed by atoms with Gasteiger partial charge in [0.1, 0.15) is 0 Å². The summed E-state index contributed by atoms with van der Waals surface area (Å²) >= 11 is 2.98. The lowest BCUT2D eigenvalue weighted by molar-refractivity contribution is -0.138. The fraction of sp³-hybridized carbons (Fsp3) is 0.462. The van der Waals surface area contributed by atoms with E-state index in [9.17, 15) is 18.0 Å². The van der Waals surface area contributed by atoms with Gasteiger partial charge in [0.05, 0.1) is 11.1 Å². The van der Waals surface area contributed by atoms with Crippen LogP contribution in [-0.4, -0.2) is 12.5 Å². The number of hydrogen-bond acceptors (Lipinski definition) is 1. The van der Waals surface area contributed by atoms with Crippen LogP contribution in [0.2, 0.25) is 0 Å². The lowest BCUT2D eigenvalue weighted by Crippen LogP contribution is -2.27. The monoisotopic (exact) mass is 337 g/mol. The number of benzene rings is 1. The maximum atomic E-state index is 12.8. The van der Waals surface area contributed by atoms with Crippen LogP contribution in [0.25, 0.3) is 0 Å². The molecule has 0 radical (unpaired) electrons. The minimum absolute atomic E-state index is 0.290. The number of amides is 1. The Morgan fingerprint density at radius 3 is 2.53 bits per heavy atom. The summed E-state index contributed by atoms with van der Waals surface area (Å²) in [4.78, 5) is 11.8. The second-order valence-electron chi connectivity index (χ2n) is 4.63. The van der Waals surface area contributed by atoms with Crippen LogP contribution in [-0.2, 0) is 6.18 Å². The van der Waals surface area contributed by atoms with E-state index >= 15 is 0 Å². The average molecular weight is 338 g/mol. The van der Waals surface area contributed by atoms with Crippen LogP contribution in [0.15, 0.2) is 22.7 Å². The molecule has 1 amide bonds. The Kier molecular flexibility index (Phi) is 5.40. The average Bonchev–Trinajstić information content (AvgIpc) is 2.27. The highest BCUT2D eigenvalue weighted by molar-refractivity contribution is 9.10. The molecule has 0 spiro atoms. The van der Waals surface area contributed by atoms with Gasteiger partial charge in [0.2, 0.25) is 0 Å². The summed E-state index contributed by atoms with van der Waals surface area (Å²) in [7, 11) is 0. The van der Waals surface area contributed by atoms with E-state index in [-0.39, 0.29) is 5.56 Å². The van der Waals surface area contributed by atoms with E-state index in [0.717, 1.165) is 12.5 Å². The van der Waals surface area contributed by atoms with E-state index in [1.165, 1.54) is 12.1 Å². The van der Waals surface area contributed by atoms with Crippen molar-refractivity contribution in [2.45, 2.75) is 26.4 Å². The maximum absolute atomic E-state index is 12.8. The number of carbonyl (C=O) groups is 1. The van der Waals surface area contributed by atoms with Crippen molar-refractivity contribution in [2.24, 2.45) is 5.92 Å². The minimum atomic E-state index is -4.55. The summed E-state index contributed by atoms with van der Waals surface area (Å²) in [5.41, 5.74) is -1.27. The first-order chi connectivity index (χ1) is 8.71.